The van der Waals surface area contributed by atoms with Gasteiger partial charge in [0.25, 0.3) is 0 Å². The van der Waals surface area contributed by atoms with Crippen molar-refractivity contribution in [1.82, 2.24) is 0 Å². The standard InChI is InChI=1S/C26H17Cl2P/c27-29(28)26-24(22-14-5-10-18-8-1-3-12-20(18)22)16-7-17-25(26)23-15-6-11-19-9-2-4-13-21(19)23/h1-17H. The van der Waals surface area contributed by atoms with Crippen LogP contribution in [0.15, 0.2) is 103 Å². The van der Waals surface area contributed by atoms with Crippen LogP contribution in [0.2, 0.25) is 0 Å². The maximum atomic E-state index is 6.65. The summed E-state index contributed by atoms with van der Waals surface area (Å²) >= 11 is 13.3. The van der Waals surface area contributed by atoms with E-state index in [1.807, 2.05) is 0 Å². The second-order valence-electron chi connectivity index (χ2n) is 6.99. The van der Waals surface area contributed by atoms with E-state index >= 15 is 0 Å². The van der Waals surface area contributed by atoms with Crippen molar-refractivity contribution in [3.63, 3.8) is 0 Å². The SMILES string of the molecule is ClP(Cl)c1c(-c2cccc3ccccc23)cccc1-c1cccc2ccccc12. The molecule has 0 spiro atoms. The van der Waals surface area contributed by atoms with Gasteiger partial charge in [0.15, 0.2) is 0 Å². The van der Waals surface area contributed by atoms with Crippen LogP contribution in [0.1, 0.15) is 0 Å². The topological polar surface area (TPSA) is 0 Å². The van der Waals surface area contributed by atoms with Gasteiger partial charge in [-0.15, -0.1) is 0 Å². The molecule has 0 radical (unpaired) electrons. The minimum atomic E-state index is -1.35. The average molecular weight is 431 g/mol. The quantitative estimate of drug-likeness (QED) is 0.251. The van der Waals surface area contributed by atoms with Crippen LogP contribution in [-0.4, -0.2) is 0 Å². The lowest BCUT2D eigenvalue weighted by Crippen LogP contribution is -2.06. The van der Waals surface area contributed by atoms with E-state index in [1.54, 1.807) is 0 Å². The van der Waals surface area contributed by atoms with Gasteiger partial charge in [-0.1, -0.05) is 126 Å². The van der Waals surface area contributed by atoms with Crippen molar-refractivity contribution in [2.24, 2.45) is 0 Å². The van der Waals surface area contributed by atoms with Crippen LogP contribution in [0.4, 0.5) is 0 Å². The number of halogens is 2. The molecule has 0 fully saturated rings. The fourth-order valence-electron chi connectivity index (χ4n) is 4.08. The van der Waals surface area contributed by atoms with E-state index in [1.165, 1.54) is 21.5 Å². The minimum absolute atomic E-state index is 1.01. The first-order chi connectivity index (χ1) is 14.2. The average Bonchev–Trinajstić information content (AvgIpc) is 2.77. The Balaban J connectivity index is 1.84. The van der Waals surface area contributed by atoms with E-state index in [-0.39, 0.29) is 0 Å². The monoisotopic (exact) mass is 430 g/mol. The van der Waals surface area contributed by atoms with Gasteiger partial charge in [-0.2, -0.15) is 0 Å². The molecular weight excluding hydrogens is 414 g/mol. The van der Waals surface area contributed by atoms with Crippen LogP contribution in [0.3, 0.4) is 0 Å². The molecule has 5 aromatic carbocycles. The van der Waals surface area contributed by atoms with Crippen molar-refractivity contribution >= 4 is 56.0 Å². The van der Waals surface area contributed by atoms with Gasteiger partial charge in [0.05, 0.1) is 0 Å². The normalized spacial score (nSPS) is 11.4. The van der Waals surface area contributed by atoms with Gasteiger partial charge in [0.2, 0.25) is 0 Å². The first-order valence-corrected chi connectivity index (χ1v) is 12.6. The Morgan fingerprint density at radius 2 is 0.793 bits per heavy atom. The maximum Gasteiger partial charge on any atom is 0.118 e. The molecule has 0 saturated carbocycles. The molecule has 140 valence electrons. The third-order valence-corrected chi connectivity index (χ3v) is 7.20. The Bertz CT molecular complexity index is 1230. The Kier molecular flexibility index (Phi) is 5.02. The fraction of sp³-hybridized carbons (Fsp3) is 0. The summed E-state index contributed by atoms with van der Waals surface area (Å²) in [7, 11) is 0. The fourth-order valence-corrected chi connectivity index (χ4v) is 5.93. The molecule has 0 heterocycles. The van der Waals surface area contributed by atoms with E-state index in [4.69, 9.17) is 22.5 Å². The highest BCUT2D eigenvalue weighted by molar-refractivity contribution is 8.09. The van der Waals surface area contributed by atoms with Gasteiger partial charge >= 0.3 is 0 Å². The molecule has 0 bridgehead atoms. The lowest BCUT2D eigenvalue weighted by atomic mass is 9.93. The van der Waals surface area contributed by atoms with Crippen molar-refractivity contribution in [3.05, 3.63) is 103 Å². The van der Waals surface area contributed by atoms with Crippen LogP contribution in [0.25, 0.3) is 43.8 Å². The van der Waals surface area contributed by atoms with Crippen molar-refractivity contribution in [3.8, 4) is 22.3 Å². The zero-order chi connectivity index (χ0) is 19.8. The molecule has 0 atom stereocenters. The highest BCUT2D eigenvalue weighted by Gasteiger charge is 2.20. The second-order valence-corrected chi connectivity index (χ2v) is 10.4. The largest absolute Gasteiger partial charge is 0.118 e. The Morgan fingerprint density at radius 1 is 0.414 bits per heavy atom. The first kappa shape index (κ1) is 18.6. The summed E-state index contributed by atoms with van der Waals surface area (Å²) < 4.78 is 0. The number of hydrogen-bond acceptors (Lipinski definition) is 0. The predicted octanol–water partition coefficient (Wildman–Crippen LogP) is 8.74. The molecule has 0 nitrogen and oxygen atoms in total. The van der Waals surface area contributed by atoms with Crippen molar-refractivity contribution in [1.29, 1.82) is 0 Å². The highest BCUT2D eigenvalue weighted by Crippen LogP contribution is 2.51. The van der Waals surface area contributed by atoms with E-state index in [9.17, 15) is 0 Å². The van der Waals surface area contributed by atoms with Crippen molar-refractivity contribution in [2.75, 3.05) is 0 Å². The van der Waals surface area contributed by atoms with Gasteiger partial charge < -0.3 is 0 Å². The molecule has 0 aliphatic rings. The molecule has 0 saturated heterocycles. The number of rotatable bonds is 3. The van der Waals surface area contributed by atoms with Gasteiger partial charge in [0.1, 0.15) is 6.63 Å². The van der Waals surface area contributed by atoms with Crippen LogP contribution >= 0.6 is 29.1 Å². The Morgan fingerprint density at radius 3 is 1.28 bits per heavy atom. The summed E-state index contributed by atoms with van der Waals surface area (Å²) in [4.78, 5) is 0. The molecule has 0 aliphatic carbocycles. The summed E-state index contributed by atoms with van der Waals surface area (Å²) in [5.74, 6) is 0. The van der Waals surface area contributed by atoms with Gasteiger partial charge in [-0.25, -0.2) is 0 Å². The van der Waals surface area contributed by atoms with Crippen LogP contribution in [-0.2, 0) is 0 Å². The smallest absolute Gasteiger partial charge is 0.0727 e. The maximum absolute atomic E-state index is 6.65. The molecule has 0 N–H and O–H groups in total. The summed E-state index contributed by atoms with van der Waals surface area (Å²) in [6.07, 6.45) is 0. The number of benzene rings is 5. The Hall–Kier alpha value is -2.37. The van der Waals surface area contributed by atoms with E-state index in [0.717, 1.165) is 27.6 Å². The van der Waals surface area contributed by atoms with E-state index < -0.39 is 6.63 Å². The molecule has 0 amide bonds. The van der Waals surface area contributed by atoms with Crippen molar-refractivity contribution in [2.45, 2.75) is 0 Å². The molecule has 0 unspecified atom stereocenters. The lowest BCUT2D eigenvalue weighted by Gasteiger charge is -2.18. The highest BCUT2D eigenvalue weighted by atomic mass is 35.9. The summed E-state index contributed by atoms with van der Waals surface area (Å²) in [6.45, 7) is -1.35. The molecule has 0 aromatic heterocycles. The van der Waals surface area contributed by atoms with Crippen molar-refractivity contribution < 1.29 is 0 Å². The van der Waals surface area contributed by atoms with Crippen LogP contribution < -0.4 is 5.30 Å². The predicted molar refractivity (Wildman–Crippen MR) is 131 cm³/mol. The molecule has 5 rings (SSSR count). The van der Waals surface area contributed by atoms with Crippen LogP contribution in [0, 0.1) is 0 Å². The van der Waals surface area contributed by atoms with Crippen LogP contribution in [0.5, 0.6) is 0 Å². The van der Waals surface area contributed by atoms with E-state index in [2.05, 4.69) is 103 Å². The first-order valence-electron chi connectivity index (χ1n) is 9.45. The molecule has 0 aliphatic heterocycles. The van der Waals surface area contributed by atoms with E-state index in [0.29, 0.717) is 0 Å². The third-order valence-electron chi connectivity index (χ3n) is 5.36. The zero-order valence-electron chi connectivity index (χ0n) is 15.5. The van der Waals surface area contributed by atoms with Gasteiger partial charge in [0, 0.05) is 5.30 Å². The summed E-state index contributed by atoms with van der Waals surface area (Å²) in [6, 6.07) is 36.0. The van der Waals surface area contributed by atoms with Gasteiger partial charge in [-0.05, 0) is 43.8 Å². The number of hydrogen-bond donors (Lipinski definition) is 0. The summed E-state index contributed by atoms with van der Waals surface area (Å²) in [5.41, 5.74) is 4.52. The molecular formula is C26H17Cl2P. The second kappa shape index (κ2) is 7.81. The summed E-state index contributed by atoms with van der Waals surface area (Å²) in [5, 5.41) is 5.84. The molecule has 5 aromatic rings. The minimum Gasteiger partial charge on any atom is -0.0727 e. The molecule has 29 heavy (non-hydrogen) atoms. The molecule has 3 heteroatoms. The van der Waals surface area contributed by atoms with Gasteiger partial charge in [-0.3, -0.25) is 0 Å². The lowest BCUT2D eigenvalue weighted by molar-refractivity contribution is 1.66. The zero-order valence-corrected chi connectivity index (χ0v) is 17.9. The number of fused-ring (bicyclic) bond motifs is 2. The third kappa shape index (κ3) is 3.32. The Labute approximate surface area is 181 Å².